The molecule has 0 bridgehead atoms. The molecule has 1 aliphatic rings. The molecule has 0 aromatic heterocycles. The summed E-state index contributed by atoms with van der Waals surface area (Å²) in [5.41, 5.74) is 1.01. The molecule has 2 atom stereocenters. The van der Waals surface area contributed by atoms with Crippen molar-refractivity contribution in [3.63, 3.8) is 0 Å². The van der Waals surface area contributed by atoms with Crippen molar-refractivity contribution in [1.29, 1.82) is 0 Å². The third kappa shape index (κ3) is 4.30. The van der Waals surface area contributed by atoms with Gasteiger partial charge in [-0.3, -0.25) is 4.79 Å². The van der Waals surface area contributed by atoms with E-state index in [1.807, 2.05) is 37.3 Å². The second kappa shape index (κ2) is 7.85. The van der Waals surface area contributed by atoms with Gasteiger partial charge in [-0.15, -0.1) is 0 Å². The molecule has 1 amide bonds. The smallest absolute Gasteiger partial charge is 0.227 e. The van der Waals surface area contributed by atoms with Crippen molar-refractivity contribution in [2.24, 2.45) is 0 Å². The number of carbonyl (C=O) groups is 1. The molecular weight excluding hydrogens is 316 g/mol. The van der Waals surface area contributed by atoms with Crippen molar-refractivity contribution in [2.45, 2.75) is 18.9 Å². The van der Waals surface area contributed by atoms with E-state index in [0.29, 0.717) is 6.54 Å². The number of amides is 1. The number of nitrogens with zero attached hydrogens (tertiary/aromatic N) is 1. The summed E-state index contributed by atoms with van der Waals surface area (Å²) in [4.78, 5) is 14.7. The van der Waals surface area contributed by atoms with E-state index in [2.05, 4.69) is 23.3 Å². The molecule has 1 heterocycles. The number of methoxy groups -OCH3 is 1. The largest absolute Gasteiger partial charge is 0.497 e. The summed E-state index contributed by atoms with van der Waals surface area (Å²) in [6.07, 6.45) is 0.0685. The Labute approximate surface area is 148 Å². The van der Waals surface area contributed by atoms with Crippen LogP contribution in [0.1, 0.15) is 18.4 Å². The molecule has 134 valence electrons. The number of fused-ring (bicyclic) bond motifs is 1. The molecule has 25 heavy (non-hydrogen) atoms. The lowest BCUT2D eigenvalue weighted by Gasteiger charge is -2.30. The third-order valence-electron chi connectivity index (χ3n) is 4.81. The number of ether oxygens (including phenoxy) is 2. The second-order valence-corrected chi connectivity index (χ2v) is 6.69. The monoisotopic (exact) mass is 342 g/mol. The first kappa shape index (κ1) is 17.7. The van der Waals surface area contributed by atoms with Gasteiger partial charge >= 0.3 is 0 Å². The van der Waals surface area contributed by atoms with Crippen molar-refractivity contribution in [3.8, 4) is 5.75 Å². The Bertz CT molecular complexity index is 747. The van der Waals surface area contributed by atoms with Gasteiger partial charge in [0.2, 0.25) is 5.91 Å². The first-order valence-electron chi connectivity index (χ1n) is 8.72. The topological polar surface area (TPSA) is 50.8 Å². The minimum absolute atomic E-state index is 0.0321. The summed E-state index contributed by atoms with van der Waals surface area (Å²) < 4.78 is 11.0. The van der Waals surface area contributed by atoms with Crippen LogP contribution in [0.15, 0.2) is 36.4 Å². The molecule has 0 saturated carbocycles. The van der Waals surface area contributed by atoms with Gasteiger partial charge in [0.1, 0.15) is 5.75 Å². The third-order valence-corrected chi connectivity index (χ3v) is 4.81. The molecule has 1 aliphatic heterocycles. The number of benzene rings is 2. The van der Waals surface area contributed by atoms with E-state index in [1.165, 1.54) is 0 Å². The van der Waals surface area contributed by atoms with Crippen molar-refractivity contribution >= 4 is 16.7 Å². The number of likely N-dealkylation sites (N-methyl/N-ethyl adjacent to an activating group) is 1. The molecule has 3 rings (SSSR count). The van der Waals surface area contributed by atoms with Gasteiger partial charge in [-0.1, -0.05) is 24.3 Å². The van der Waals surface area contributed by atoms with Crippen molar-refractivity contribution in [1.82, 2.24) is 10.2 Å². The lowest BCUT2D eigenvalue weighted by Crippen LogP contribution is -2.46. The average Bonchev–Trinajstić information content (AvgIpc) is 2.64. The van der Waals surface area contributed by atoms with Gasteiger partial charge in [-0.25, -0.2) is 0 Å². The zero-order valence-electron chi connectivity index (χ0n) is 15.1. The number of hydrogen-bond donors (Lipinski definition) is 1. The number of morpholine rings is 1. The molecule has 2 aromatic rings. The molecule has 2 aromatic carbocycles. The highest BCUT2D eigenvalue weighted by atomic mass is 16.5. The van der Waals surface area contributed by atoms with E-state index in [-0.39, 0.29) is 17.9 Å². The fourth-order valence-electron chi connectivity index (χ4n) is 3.15. The Balaban J connectivity index is 1.64. The fourth-order valence-corrected chi connectivity index (χ4v) is 3.15. The van der Waals surface area contributed by atoms with Gasteiger partial charge in [-0.05, 0) is 42.4 Å². The predicted molar refractivity (Wildman–Crippen MR) is 99.2 cm³/mol. The summed E-state index contributed by atoms with van der Waals surface area (Å²) in [5, 5.41) is 5.24. The lowest BCUT2D eigenvalue weighted by atomic mass is 9.97. The van der Waals surface area contributed by atoms with Gasteiger partial charge < -0.3 is 19.7 Å². The molecule has 5 nitrogen and oxygen atoms in total. The minimum atomic E-state index is -0.201. The number of hydrogen-bond acceptors (Lipinski definition) is 4. The van der Waals surface area contributed by atoms with Crippen LogP contribution in [0.4, 0.5) is 0 Å². The summed E-state index contributed by atoms with van der Waals surface area (Å²) in [7, 11) is 3.74. The Kier molecular flexibility index (Phi) is 5.56. The van der Waals surface area contributed by atoms with Crippen LogP contribution in [0, 0.1) is 0 Å². The first-order valence-corrected chi connectivity index (χ1v) is 8.72. The van der Waals surface area contributed by atoms with Crippen molar-refractivity contribution in [2.75, 3.05) is 40.4 Å². The van der Waals surface area contributed by atoms with E-state index >= 15 is 0 Å². The van der Waals surface area contributed by atoms with E-state index in [1.54, 1.807) is 7.11 Å². The fraction of sp³-hybridized carbons (Fsp3) is 0.450. The second-order valence-electron chi connectivity index (χ2n) is 6.69. The maximum Gasteiger partial charge on any atom is 0.227 e. The van der Waals surface area contributed by atoms with Crippen LogP contribution < -0.4 is 10.1 Å². The van der Waals surface area contributed by atoms with Crippen LogP contribution >= 0.6 is 0 Å². The van der Waals surface area contributed by atoms with Crippen molar-refractivity contribution in [3.05, 3.63) is 42.0 Å². The van der Waals surface area contributed by atoms with Crippen molar-refractivity contribution < 1.29 is 14.3 Å². The highest BCUT2D eigenvalue weighted by Crippen LogP contribution is 2.25. The summed E-state index contributed by atoms with van der Waals surface area (Å²) in [6.45, 7) is 5.02. The quantitative estimate of drug-likeness (QED) is 0.907. The van der Waals surface area contributed by atoms with Crippen LogP contribution in [-0.2, 0) is 9.53 Å². The standard InChI is InChI=1S/C20H26N2O3/c1-14(20(23)21-12-19-13-22(2)8-9-25-19)15-4-5-17-11-18(24-3)7-6-16(17)10-15/h4-7,10-11,14,19H,8-9,12-13H2,1-3H3,(H,21,23)/t14-,19+/m0/s1. The zero-order chi connectivity index (χ0) is 17.8. The highest BCUT2D eigenvalue weighted by Gasteiger charge is 2.21. The van der Waals surface area contributed by atoms with Gasteiger partial charge in [0.15, 0.2) is 0 Å². The molecule has 1 fully saturated rings. The minimum Gasteiger partial charge on any atom is -0.497 e. The number of carbonyl (C=O) groups excluding carboxylic acids is 1. The maximum absolute atomic E-state index is 12.5. The van der Waals surface area contributed by atoms with Gasteiger partial charge in [0.05, 0.1) is 25.7 Å². The average molecular weight is 342 g/mol. The number of nitrogens with one attached hydrogen (secondary N) is 1. The lowest BCUT2D eigenvalue weighted by molar-refractivity contribution is -0.123. The van der Waals surface area contributed by atoms with Crippen LogP contribution in [0.5, 0.6) is 5.75 Å². The SMILES string of the molecule is COc1ccc2cc([C@H](C)C(=O)NC[C@@H]3CN(C)CCO3)ccc2c1. The molecular formula is C20H26N2O3. The Morgan fingerprint density at radius 2 is 2.08 bits per heavy atom. The first-order chi connectivity index (χ1) is 12.1. The molecule has 1 N–H and O–H groups in total. The van der Waals surface area contributed by atoms with E-state index in [9.17, 15) is 4.79 Å². The molecule has 5 heteroatoms. The predicted octanol–water partition coefficient (Wildman–Crippen LogP) is 2.40. The molecule has 1 saturated heterocycles. The summed E-state index contributed by atoms with van der Waals surface area (Å²) >= 11 is 0. The van der Waals surface area contributed by atoms with Gasteiger partial charge in [0, 0.05) is 19.6 Å². The molecule has 0 aliphatic carbocycles. The Hall–Kier alpha value is -2.11. The highest BCUT2D eigenvalue weighted by molar-refractivity contribution is 5.88. The van der Waals surface area contributed by atoms with E-state index in [4.69, 9.17) is 9.47 Å². The van der Waals surface area contributed by atoms with Crippen LogP contribution in [0.3, 0.4) is 0 Å². The maximum atomic E-state index is 12.5. The van der Waals surface area contributed by atoms with E-state index in [0.717, 1.165) is 41.8 Å². The van der Waals surface area contributed by atoms with Crippen LogP contribution in [-0.4, -0.2) is 57.3 Å². The molecule has 0 radical (unpaired) electrons. The molecule has 0 unspecified atom stereocenters. The zero-order valence-corrected chi connectivity index (χ0v) is 15.1. The van der Waals surface area contributed by atoms with Gasteiger partial charge in [-0.2, -0.15) is 0 Å². The summed E-state index contributed by atoms with van der Waals surface area (Å²) in [6, 6.07) is 12.1. The van der Waals surface area contributed by atoms with Crippen LogP contribution in [0.2, 0.25) is 0 Å². The number of rotatable bonds is 5. The van der Waals surface area contributed by atoms with E-state index < -0.39 is 0 Å². The molecule has 0 spiro atoms. The Morgan fingerprint density at radius 1 is 1.32 bits per heavy atom. The van der Waals surface area contributed by atoms with Crippen LogP contribution in [0.25, 0.3) is 10.8 Å². The Morgan fingerprint density at radius 3 is 2.84 bits per heavy atom. The summed E-state index contributed by atoms with van der Waals surface area (Å²) in [5.74, 6) is 0.668. The normalized spacial score (nSPS) is 19.6. The van der Waals surface area contributed by atoms with Gasteiger partial charge in [0.25, 0.3) is 0 Å².